The molecule has 1 unspecified atom stereocenters. The molecule has 0 radical (unpaired) electrons. The van der Waals surface area contributed by atoms with Crippen LogP contribution in [0, 0.1) is 5.92 Å². The Hall–Kier alpha value is -2.50. The molecule has 1 saturated heterocycles. The summed E-state index contributed by atoms with van der Waals surface area (Å²) in [6, 6.07) is 8.67. The van der Waals surface area contributed by atoms with Gasteiger partial charge in [-0.15, -0.1) is 0 Å². The van der Waals surface area contributed by atoms with Gasteiger partial charge in [-0.3, -0.25) is 4.90 Å². The largest absolute Gasteiger partial charge is 0.504 e. The molecule has 4 atom stereocenters. The molecule has 2 aromatic carbocycles. The summed E-state index contributed by atoms with van der Waals surface area (Å²) in [6.07, 6.45) is 9.57. The van der Waals surface area contributed by atoms with Crippen LogP contribution in [0.25, 0.3) is 10.9 Å². The van der Waals surface area contributed by atoms with Gasteiger partial charge in [-0.05, 0) is 92.1 Å². The number of hydrogen-bond donors (Lipinski definition) is 2. The molecule has 4 aliphatic carbocycles. The van der Waals surface area contributed by atoms with E-state index in [0.717, 1.165) is 50.3 Å². The Kier molecular flexibility index (Phi) is 3.70. The number of piperidine rings is 1. The topological polar surface area (TPSA) is 57.9 Å². The molecule has 5 nitrogen and oxygen atoms in total. The number of benzene rings is 2. The first-order valence-corrected chi connectivity index (χ1v) is 14.1. The monoisotopic (exact) mass is 482 g/mol. The highest BCUT2D eigenvalue weighted by Crippen LogP contribution is 2.69. The van der Waals surface area contributed by atoms with Crippen LogP contribution < -0.4 is 4.74 Å². The Morgan fingerprint density at radius 1 is 1.06 bits per heavy atom. The first kappa shape index (κ1) is 20.5. The van der Waals surface area contributed by atoms with Crippen LogP contribution in [0.1, 0.15) is 71.7 Å². The molecule has 1 spiro atoms. The predicted molar refractivity (Wildman–Crippen MR) is 138 cm³/mol. The summed E-state index contributed by atoms with van der Waals surface area (Å²) in [7, 11) is 2.21. The lowest BCUT2D eigenvalue weighted by Gasteiger charge is -2.63. The first-order valence-electron chi connectivity index (χ1n) is 14.1. The summed E-state index contributed by atoms with van der Waals surface area (Å²) in [5.74, 6) is 1.64. The number of hydrogen-bond acceptors (Lipinski definition) is 4. The molecule has 3 aromatic rings. The third kappa shape index (κ3) is 2.20. The molecule has 1 saturated carbocycles. The molecule has 2 bridgehead atoms. The average molecular weight is 483 g/mol. The van der Waals surface area contributed by atoms with Gasteiger partial charge in [-0.2, -0.15) is 0 Å². The van der Waals surface area contributed by atoms with Crippen LogP contribution in [-0.2, 0) is 38.1 Å². The zero-order valence-corrected chi connectivity index (χ0v) is 21.0. The third-order valence-electron chi connectivity index (χ3n) is 11.0. The van der Waals surface area contributed by atoms with Crippen LogP contribution in [0.15, 0.2) is 24.3 Å². The van der Waals surface area contributed by atoms with Gasteiger partial charge in [0.15, 0.2) is 17.6 Å². The number of likely N-dealkylation sites (tertiary alicyclic amines) is 1. The van der Waals surface area contributed by atoms with Gasteiger partial charge in [-0.1, -0.05) is 18.2 Å². The van der Waals surface area contributed by atoms with Gasteiger partial charge < -0.3 is 19.5 Å². The minimum Gasteiger partial charge on any atom is -0.504 e. The number of nitrogens with zero attached hydrogens (tertiary/aromatic N) is 2. The van der Waals surface area contributed by atoms with E-state index in [-0.39, 0.29) is 17.9 Å². The standard InChI is InChI=1S/C31H34N2O3/c1-32-26-20-5-3-2-4-18(20)8-10-21(26)22-15-31(35)24-14-19-9-11-23(34)28-25(19)30(31,29(36-28)27(22)32)12-13-33(24)16-17-6-7-17/h8-11,17,24,29,34-35H,2-7,12-16H2,1H3/t24-,29+,30?,31-/m1/s1. The number of fused-ring (bicyclic) bond motifs is 6. The molecule has 1 aromatic heterocycles. The first-order chi connectivity index (χ1) is 17.5. The highest BCUT2D eigenvalue weighted by molar-refractivity contribution is 5.90. The van der Waals surface area contributed by atoms with Crippen molar-refractivity contribution in [3.05, 3.63) is 57.8 Å². The molecule has 2 fully saturated rings. The van der Waals surface area contributed by atoms with Crippen molar-refractivity contribution >= 4 is 10.9 Å². The summed E-state index contributed by atoms with van der Waals surface area (Å²) < 4.78 is 9.25. The molecule has 36 heavy (non-hydrogen) atoms. The van der Waals surface area contributed by atoms with Gasteiger partial charge in [0.05, 0.1) is 22.2 Å². The van der Waals surface area contributed by atoms with Crippen LogP contribution in [0.5, 0.6) is 11.5 Å². The quantitative estimate of drug-likeness (QED) is 0.566. The Labute approximate surface area is 211 Å². The maximum atomic E-state index is 13.0. The van der Waals surface area contributed by atoms with Crippen molar-refractivity contribution in [2.45, 2.75) is 80.9 Å². The summed E-state index contributed by atoms with van der Waals surface area (Å²) in [5, 5.41) is 25.3. The lowest BCUT2D eigenvalue weighted by Crippen LogP contribution is -2.74. The van der Waals surface area contributed by atoms with E-state index < -0.39 is 11.0 Å². The van der Waals surface area contributed by atoms with Crippen molar-refractivity contribution in [1.29, 1.82) is 0 Å². The summed E-state index contributed by atoms with van der Waals surface area (Å²) >= 11 is 0. The highest BCUT2D eigenvalue weighted by atomic mass is 16.5. The van der Waals surface area contributed by atoms with Crippen molar-refractivity contribution in [1.82, 2.24) is 9.47 Å². The molecule has 186 valence electrons. The number of phenolic OH excluding ortho intramolecular Hbond substituents is 1. The molecular weight excluding hydrogens is 448 g/mol. The van der Waals surface area contributed by atoms with Crippen molar-refractivity contribution < 1.29 is 14.9 Å². The third-order valence-corrected chi connectivity index (χ3v) is 11.0. The zero-order chi connectivity index (χ0) is 24.0. The second kappa shape index (κ2) is 6.49. The van der Waals surface area contributed by atoms with E-state index in [2.05, 4.69) is 34.7 Å². The number of aromatic nitrogens is 1. The molecule has 2 N–H and O–H groups in total. The fraction of sp³-hybridized carbons (Fsp3) is 0.548. The molecule has 0 amide bonds. The van der Waals surface area contributed by atoms with Crippen molar-refractivity contribution in [2.24, 2.45) is 13.0 Å². The number of phenols is 1. The van der Waals surface area contributed by atoms with E-state index in [9.17, 15) is 10.2 Å². The molecule has 5 heteroatoms. The fourth-order valence-electron chi connectivity index (χ4n) is 9.34. The minimum atomic E-state index is -0.909. The number of rotatable bonds is 2. The number of aryl methyl sites for hydroxylation is 3. The van der Waals surface area contributed by atoms with Crippen molar-refractivity contribution in [3.8, 4) is 11.5 Å². The second-order valence-electron chi connectivity index (χ2n) is 12.7. The van der Waals surface area contributed by atoms with E-state index in [4.69, 9.17) is 4.74 Å². The normalized spacial score (nSPS) is 33.7. The maximum Gasteiger partial charge on any atom is 0.166 e. The Morgan fingerprint density at radius 3 is 2.75 bits per heavy atom. The average Bonchev–Trinajstić information content (AvgIpc) is 3.56. The second-order valence-corrected chi connectivity index (χ2v) is 12.7. The summed E-state index contributed by atoms with van der Waals surface area (Å²) in [6.45, 7) is 2.09. The molecule has 9 rings (SSSR count). The van der Waals surface area contributed by atoms with Gasteiger partial charge in [0, 0.05) is 37.0 Å². The lowest BCUT2D eigenvalue weighted by atomic mass is 9.49. The number of aliphatic hydroxyl groups is 1. The van der Waals surface area contributed by atoms with Gasteiger partial charge in [0.2, 0.25) is 0 Å². The van der Waals surface area contributed by atoms with Gasteiger partial charge in [0.25, 0.3) is 0 Å². The van der Waals surface area contributed by atoms with Crippen molar-refractivity contribution in [3.63, 3.8) is 0 Å². The van der Waals surface area contributed by atoms with Crippen molar-refractivity contribution in [2.75, 3.05) is 13.1 Å². The minimum absolute atomic E-state index is 0.0852. The molecule has 3 heterocycles. The highest BCUT2D eigenvalue weighted by Gasteiger charge is 2.73. The van der Waals surface area contributed by atoms with Gasteiger partial charge in [-0.25, -0.2) is 0 Å². The summed E-state index contributed by atoms with van der Waals surface area (Å²) in [5.41, 5.74) is 7.80. The van der Waals surface area contributed by atoms with Crippen LogP contribution in [-0.4, -0.2) is 44.4 Å². The van der Waals surface area contributed by atoms with Gasteiger partial charge >= 0.3 is 0 Å². The van der Waals surface area contributed by atoms with E-state index in [1.807, 2.05) is 6.07 Å². The fourth-order valence-corrected chi connectivity index (χ4v) is 9.34. The Morgan fingerprint density at radius 2 is 1.89 bits per heavy atom. The number of ether oxygens (including phenoxy) is 1. The SMILES string of the molecule is Cn1c2c(c3ccc4c(c31)CCCC4)C[C@@]1(O)[C@H]3Cc4ccc(O)c5c4C1(CCN3CC1CC1)[C@H]2O5. The van der Waals surface area contributed by atoms with Crippen LogP contribution in [0.3, 0.4) is 0 Å². The number of aromatic hydroxyl groups is 1. The molecule has 6 aliphatic rings. The predicted octanol–water partition coefficient (Wildman–Crippen LogP) is 4.46. The Bertz CT molecular complexity index is 1490. The summed E-state index contributed by atoms with van der Waals surface area (Å²) in [4.78, 5) is 2.62. The lowest BCUT2D eigenvalue weighted by molar-refractivity contribution is -0.173. The van der Waals surface area contributed by atoms with Crippen LogP contribution in [0.4, 0.5) is 0 Å². The van der Waals surface area contributed by atoms with Crippen LogP contribution in [0.2, 0.25) is 0 Å². The van der Waals surface area contributed by atoms with E-state index in [1.54, 1.807) is 0 Å². The Balaban J connectivity index is 1.34. The van der Waals surface area contributed by atoms with E-state index in [0.29, 0.717) is 12.2 Å². The smallest absolute Gasteiger partial charge is 0.166 e. The zero-order valence-electron chi connectivity index (χ0n) is 21.0. The molecular formula is C31H34N2O3. The van der Waals surface area contributed by atoms with E-state index in [1.165, 1.54) is 64.5 Å². The molecule has 2 aliphatic heterocycles. The van der Waals surface area contributed by atoms with Gasteiger partial charge in [0.1, 0.15) is 0 Å². The van der Waals surface area contributed by atoms with E-state index >= 15 is 0 Å². The van der Waals surface area contributed by atoms with Crippen LogP contribution >= 0.6 is 0 Å². The maximum absolute atomic E-state index is 13.0.